The molecule has 0 saturated carbocycles. The van der Waals surface area contributed by atoms with Crippen molar-refractivity contribution < 1.29 is 9.00 Å². The van der Waals surface area contributed by atoms with Crippen molar-refractivity contribution in [2.45, 2.75) is 13.8 Å². The van der Waals surface area contributed by atoms with E-state index in [0.29, 0.717) is 29.3 Å². The number of hydrogen-bond acceptors (Lipinski definition) is 3. The van der Waals surface area contributed by atoms with E-state index in [1.54, 1.807) is 19.1 Å². The van der Waals surface area contributed by atoms with Gasteiger partial charge in [0.2, 0.25) is 0 Å². The third-order valence-corrected chi connectivity index (χ3v) is 4.36. The fraction of sp³-hybridized carbons (Fsp3) is 0.417. The fourth-order valence-electron chi connectivity index (χ4n) is 1.45. The zero-order valence-electron chi connectivity index (χ0n) is 10.5. The first-order valence-corrected chi connectivity index (χ1v) is 7.92. The van der Waals surface area contributed by atoms with Gasteiger partial charge in [-0.3, -0.25) is 9.00 Å². The van der Waals surface area contributed by atoms with E-state index in [-0.39, 0.29) is 5.91 Å². The van der Waals surface area contributed by atoms with Gasteiger partial charge in [-0.15, -0.1) is 0 Å². The second kappa shape index (κ2) is 6.89. The standard InChI is InChI=1S/C12H17BrN2O2S/c1-3-18(17)5-4-15-12(16)10-6-9(13)7-11(14)8(10)2/h6-7H,3-5,14H2,1-2H3,(H,15,16). The second-order valence-corrected chi connectivity index (χ2v) is 6.64. The SMILES string of the molecule is CCS(=O)CCNC(=O)c1cc(Br)cc(N)c1C. The summed E-state index contributed by atoms with van der Waals surface area (Å²) in [6.07, 6.45) is 0. The molecular formula is C12H17BrN2O2S. The highest BCUT2D eigenvalue weighted by atomic mass is 79.9. The molecular weight excluding hydrogens is 316 g/mol. The van der Waals surface area contributed by atoms with E-state index in [0.717, 1.165) is 10.0 Å². The molecule has 3 N–H and O–H groups in total. The topological polar surface area (TPSA) is 72.2 Å². The van der Waals surface area contributed by atoms with Crippen molar-refractivity contribution in [1.82, 2.24) is 5.32 Å². The number of hydrogen-bond donors (Lipinski definition) is 2. The van der Waals surface area contributed by atoms with Gasteiger partial charge in [0.05, 0.1) is 0 Å². The lowest BCUT2D eigenvalue weighted by atomic mass is 10.1. The Kier molecular flexibility index (Phi) is 5.81. The molecule has 100 valence electrons. The van der Waals surface area contributed by atoms with Crippen LogP contribution in [0.5, 0.6) is 0 Å². The van der Waals surface area contributed by atoms with Crippen LogP contribution in [0.3, 0.4) is 0 Å². The summed E-state index contributed by atoms with van der Waals surface area (Å²) < 4.78 is 12.0. The number of nitrogens with two attached hydrogens (primary N) is 1. The van der Waals surface area contributed by atoms with Gasteiger partial charge in [-0.2, -0.15) is 0 Å². The summed E-state index contributed by atoms with van der Waals surface area (Å²) in [4.78, 5) is 12.0. The highest BCUT2D eigenvalue weighted by Crippen LogP contribution is 2.22. The minimum absolute atomic E-state index is 0.186. The predicted octanol–water partition coefficient (Wildman–Crippen LogP) is 1.84. The fourth-order valence-corrected chi connectivity index (χ4v) is 2.55. The largest absolute Gasteiger partial charge is 0.398 e. The minimum atomic E-state index is -0.863. The molecule has 0 saturated heterocycles. The van der Waals surface area contributed by atoms with Crippen molar-refractivity contribution in [3.8, 4) is 0 Å². The van der Waals surface area contributed by atoms with Crippen LogP contribution in [-0.4, -0.2) is 28.2 Å². The first-order valence-electron chi connectivity index (χ1n) is 5.64. The molecule has 0 aliphatic rings. The van der Waals surface area contributed by atoms with Gasteiger partial charge >= 0.3 is 0 Å². The Bertz CT molecular complexity index is 477. The molecule has 4 nitrogen and oxygen atoms in total. The summed E-state index contributed by atoms with van der Waals surface area (Å²) in [7, 11) is -0.863. The van der Waals surface area contributed by atoms with Gasteiger partial charge in [0.15, 0.2) is 0 Å². The number of halogens is 1. The first kappa shape index (κ1) is 15.2. The molecule has 1 unspecified atom stereocenters. The van der Waals surface area contributed by atoms with Crippen molar-refractivity contribution in [2.75, 3.05) is 23.8 Å². The maximum atomic E-state index is 12.0. The molecule has 1 aromatic rings. The first-order chi connectivity index (χ1) is 8.45. The van der Waals surface area contributed by atoms with Gasteiger partial charge < -0.3 is 11.1 Å². The average Bonchev–Trinajstić information content (AvgIpc) is 2.33. The number of nitrogen functional groups attached to an aromatic ring is 1. The third-order valence-electron chi connectivity index (χ3n) is 2.59. The van der Waals surface area contributed by atoms with E-state index in [1.165, 1.54) is 0 Å². The predicted molar refractivity (Wildman–Crippen MR) is 79.2 cm³/mol. The van der Waals surface area contributed by atoms with Gasteiger partial charge in [-0.05, 0) is 24.6 Å². The summed E-state index contributed by atoms with van der Waals surface area (Å²) >= 11 is 3.31. The molecule has 1 aromatic carbocycles. The van der Waals surface area contributed by atoms with Crippen molar-refractivity contribution >= 4 is 38.3 Å². The molecule has 0 fully saturated rings. The van der Waals surface area contributed by atoms with E-state index in [1.807, 2.05) is 6.92 Å². The molecule has 0 radical (unpaired) electrons. The van der Waals surface area contributed by atoms with Gasteiger partial charge in [0.25, 0.3) is 5.91 Å². The minimum Gasteiger partial charge on any atom is -0.398 e. The van der Waals surface area contributed by atoms with Crippen molar-refractivity contribution in [1.29, 1.82) is 0 Å². The Hall–Kier alpha value is -0.880. The van der Waals surface area contributed by atoms with Gasteiger partial charge in [0.1, 0.15) is 0 Å². The Morgan fingerprint density at radius 3 is 2.78 bits per heavy atom. The third kappa shape index (κ3) is 4.10. The molecule has 1 atom stereocenters. The van der Waals surface area contributed by atoms with Crippen LogP contribution in [0.2, 0.25) is 0 Å². The normalized spacial score (nSPS) is 12.2. The van der Waals surface area contributed by atoms with Crippen LogP contribution < -0.4 is 11.1 Å². The van der Waals surface area contributed by atoms with Crippen LogP contribution in [0, 0.1) is 6.92 Å². The maximum Gasteiger partial charge on any atom is 0.251 e. The molecule has 0 aliphatic carbocycles. The summed E-state index contributed by atoms with van der Waals surface area (Å²) in [6, 6.07) is 3.50. The van der Waals surface area contributed by atoms with E-state index in [2.05, 4.69) is 21.2 Å². The van der Waals surface area contributed by atoms with Crippen molar-refractivity contribution in [3.63, 3.8) is 0 Å². The number of rotatable bonds is 5. The molecule has 0 spiro atoms. The highest BCUT2D eigenvalue weighted by Gasteiger charge is 2.12. The summed E-state index contributed by atoms with van der Waals surface area (Å²) in [5.74, 6) is 0.900. The van der Waals surface area contributed by atoms with E-state index in [9.17, 15) is 9.00 Å². The Balaban J connectivity index is 2.70. The lowest BCUT2D eigenvalue weighted by molar-refractivity contribution is 0.0955. The van der Waals surface area contributed by atoms with E-state index < -0.39 is 10.8 Å². The summed E-state index contributed by atoms with van der Waals surface area (Å²) in [6.45, 7) is 4.07. The van der Waals surface area contributed by atoms with E-state index in [4.69, 9.17) is 5.73 Å². The average molecular weight is 333 g/mol. The number of benzene rings is 1. The van der Waals surface area contributed by atoms with Gasteiger partial charge in [-0.1, -0.05) is 22.9 Å². The van der Waals surface area contributed by atoms with Crippen LogP contribution in [0.25, 0.3) is 0 Å². The zero-order valence-corrected chi connectivity index (χ0v) is 12.9. The Morgan fingerprint density at radius 2 is 2.17 bits per heavy atom. The number of nitrogens with one attached hydrogen (secondary N) is 1. The van der Waals surface area contributed by atoms with Crippen LogP contribution in [0.15, 0.2) is 16.6 Å². The van der Waals surface area contributed by atoms with E-state index >= 15 is 0 Å². The number of carbonyl (C=O) groups is 1. The number of anilines is 1. The smallest absolute Gasteiger partial charge is 0.251 e. The van der Waals surface area contributed by atoms with Crippen LogP contribution in [0.4, 0.5) is 5.69 Å². The quantitative estimate of drug-likeness (QED) is 0.808. The molecule has 0 bridgehead atoms. The van der Waals surface area contributed by atoms with Crippen LogP contribution in [0.1, 0.15) is 22.8 Å². The zero-order chi connectivity index (χ0) is 13.7. The highest BCUT2D eigenvalue weighted by molar-refractivity contribution is 9.10. The molecule has 0 aliphatic heterocycles. The molecule has 18 heavy (non-hydrogen) atoms. The molecule has 0 aromatic heterocycles. The monoisotopic (exact) mass is 332 g/mol. The number of amides is 1. The summed E-state index contributed by atoms with van der Waals surface area (Å²) in [5, 5.41) is 2.75. The lowest BCUT2D eigenvalue weighted by Crippen LogP contribution is -2.28. The molecule has 1 rings (SSSR count). The van der Waals surface area contributed by atoms with Gasteiger partial charge in [-0.25, -0.2) is 0 Å². The van der Waals surface area contributed by atoms with Crippen LogP contribution >= 0.6 is 15.9 Å². The molecule has 6 heteroatoms. The lowest BCUT2D eigenvalue weighted by Gasteiger charge is -2.10. The van der Waals surface area contributed by atoms with Gasteiger partial charge in [0, 0.05) is 44.6 Å². The second-order valence-electron chi connectivity index (χ2n) is 3.86. The maximum absolute atomic E-state index is 12.0. The Morgan fingerprint density at radius 1 is 1.50 bits per heavy atom. The molecule has 1 amide bonds. The number of carbonyl (C=O) groups excluding carboxylic acids is 1. The van der Waals surface area contributed by atoms with Crippen LogP contribution in [-0.2, 0) is 10.8 Å². The molecule has 0 heterocycles. The Labute approximate surface area is 118 Å². The van der Waals surface area contributed by atoms with Crippen molar-refractivity contribution in [2.24, 2.45) is 0 Å². The summed E-state index contributed by atoms with van der Waals surface area (Å²) in [5.41, 5.74) is 7.68. The van der Waals surface area contributed by atoms with Crippen molar-refractivity contribution in [3.05, 3.63) is 27.7 Å².